The lowest BCUT2D eigenvalue weighted by Gasteiger charge is -2.40. The van der Waals surface area contributed by atoms with Crippen molar-refractivity contribution in [3.8, 4) is 0 Å². The maximum Gasteiger partial charge on any atom is 0.412 e. The highest BCUT2D eigenvalue weighted by Gasteiger charge is 2.47. The Labute approximate surface area is 212 Å². The molecule has 0 radical (unpaired) electrons. The van der Waals surface area contributed by atoms with E-state index in [9.17, 15) is 19.2 Å². The normalized spacial score (nSPS) is 14.2. The summed E-state index contributed by atoms with van der Waals surface area (Å²) in [5, 5.41) is 2.59. The van der Waals surface area contributed by atoms with Crippen LogP contribution in [0, 0.1) is 0 Å². The minimum absolute atomic E-state index is 0.00107. The van der Waals surface area contributed by atoms with Crippen molar-refractivity contribution < 1.29 is 28.7 Å². The number of benzene rings is 2. The Balaban J connectivity index is 1.96. The largest absolute Gasteiger partial charge is 0.465 e. The minimum atomic E-state index is -0.867. The van der Waals surface area contributed by atoms with E-state index in [1.54, 1.807) is 40.8 Å². The molecule has 36 heavy (non-hydrogen) atoms. The van der Waals surface area contributed by atoms with Gasteiger partial charge >= 0.3 is 12.1 Å². The quantitative estimate of drug-likeness (QED) is 0.319. The van der Waals surface area contributed by atoms with E-state index in [-0.39, 0.29) is 30.4 Å². The van der Waals surface area contributed by atoms with Gasteiger partial charge in [-0.25, -0.2) is 4.79 Å². The van der Waals surface area contributed by atoms with Crippen LogP contribution in [0.15, 0.2) is 48.5 Å². The number of hydrogen-bond acceptors (Lipinski definition) is 6. The van der Waals surface area contributed by atoms with E-state index in [4.69, 9.17) is 9.47 Å². The number of amides is 2. The number of nitrogens with one attached hydrogen (secondary N) is 1. The smallest absolute Gasteiger partial charge is 0.412 e. The third-order valence-corrected chi connectivity index (χ3v) is 6.13. The number of carbonyl (C=O) groups is 4. The van der Waals surface area contributed by atoms with Gasteiger partial charge < -0.3 is 14.4 Å². The highest BCUT2D eigenvalue weighted by molar-refractivity contribution is 6.44. The van der Waals surface area contributed by atoms with E-state index in [0.29, 0.717) is 18.4 Å². The van der Waals surface area contributed by atoms with E-state index in [1.807, 2.05) is 30.3 Å². The summed E-state index contributed by atoms with van der Waals surface area (Å²) in [6.07, 6.45) is 1.26. The van der Waals surface area contributed by atoms with Crippen molar-refractivity contribution >= 4 is 29.4 Å². The maximum absolute atomic E-state index is 13.4. The van der Waals surface area contributed by atoms with Gasteiger partial charge in [0.15, 0.2) is 0 Å². The number of Topliss-reactive ketones (excluding diaryl/α,β-unsaturated/α-hetero) is 1. The highest BCUT2D eigenvalue weighted by atomic mass is 16.6. The first kappa shape index (κ1) is 26.9. The number of ketones is 1. The zero-order valence-corrected chi connectivity index (χ0v) is 21.6. The van der Waals surface area contributed by atoms with Crippen molar-refractivity contribution in [1.29, 1.82) is 0 Å². The first-order chi connectivity index (χ1) is 17.0. The Kier molecular flexibility index (Phi) is 8.17. The fourth-order valence-electron chi connectivity index (χ4n) is 4.18. The molecule has 2 aromatic rings. The van der Waals surface area contributed by atoms with Gasteiger partial charge in [-0.1, -0.05) is 42.8 Å². The van der Waals surface area contributed by atoms with Gasteiger partial charge in [0.25, 0.3) is 11.7 Å². The molecule has 3 rings (SSSR count). The standard InChI is InChI=1S/C28H34N2O6/c1-6-35-25(33)28(15-10-16-28)20-13-14-22(29-26(34)36-27(2,3)4)21(17-20)23(31)24(32)30(5)18-19-11-8-7-9-12-19/h7-9,11-14,17H,6,10,15-16,18H2,1-5H3,(H,29,34). The lowest BCUT2D eigenvalue weighted by molar-refractivity contribution is -0.153. The SMILES string of the molecule is CCOC(=O)C1(c2ccc(NC(=O)OC(C)(C)C)c(C(=O)C(=O)N(C)Cc3ccccc3)c2)CCC1. The molecule has 0 saturated heterocycles. The van der Waals surface area contributed by atoms with E-state index in [0.717, 1.165) is 12.0 Å². The highest BCUT2D eigenvalue weighted by Crippen LogP contribution is 2.45. The second-order valence-electron chi connectivity index (χ2n) is 10.0. The molecule has 0 bridgehead atoms. The molecule has 2 amide bonds. The molecule has 0 unspecified atom stereocenters. The van der Waals surface area contributed by atoms with Crippen molar-refractivity contribution in [3.63, 3.8) is 0 Å². The van der Waals surface area contributed by atoms with Gasteiger partial charge in [0.05, 0.1) is 23.3 Å². The van der Waals surface area contributed by atoms with E-state index in [2.05, 4.69) is 5.32 Å². The molecular weight excluding hydrogens is 460 g/mol. The molecule has 0 heterocycles. The lowest BCUT2D eigenvalue weighted by atomic mass is 9.64. The monoisotopic (exact) mass is 494 g/mol. The van der Waals surface area contributed by atoms with Crippen molar-refractivity contribution in [1.82, 2.24) is 4.90 Å². The summed E-state index contributed by atoms with van der Waals surface area (Å²) in [4.78, 5) is 53.2. The van der Waals surface area contributed by atoms with Gasteiger partial charge in [-0.3, -0.25) is 19.7 Å². The number of hydrogen-bond donors (Lipinski definition) is 1. The van der Waals surface area contributed by atoms with Crippen molar-refractivity contribution in [2.75, 3.05) is 19.0 Å². The third kappa shape index (κ3) is 6.11. The van der Waals surface area contributed by atoms with Gasteiger partial charge in [-0.15, -0.1) is 0 Å². The van der Waals surface area contributed by atoms with Crippen LogP contribution in [0.1, 0.15) is 68.4 Å². The fraction of sp³-hybridized carbons (Fsp3) is 0.429. The molecular formula is C28H34N2O6. The van der Waals surface area contributed by atoms with Crippen LogP contribution in [0.25, 0.3) is 0 Å². The Morgan fingerprint density at radius 1 is 1.03 bits per heavy atom. The van der Waals surface area contributed by atoms with Crippen LogP contribution in [-0.2, 0) is 31.0 Å². The topological polar surface area (TPSA) is 102 Å². The number of esters is 1. The molecule has 0 atom stereocenters. The zero-order chi connectivity index (χ0) is 26.5. The zero-order valence-electron chi connectivity index (χ0n) is 21.6. The van der Waals surface area contributed by atoms with Crippen LogP contribution < -0.4 is 5.32 Å². The summed E-state index contributed by atoms with van der Waals surface area (Å²) in [7, 11) is 1.55. The maximum atomic E-state index is 13.4. The van der Waals surface area contributed by atoms with Crippen molar-refractivity contribution in [3.05, 3.63) is 65.2 Å². The average molecular weight is 495 g/mol. The molecule has 0 aliphatic heterocycles. The summed E-state index contributed by atoms with van der Waals surface area (Å²) in [6.45, 7) is 7.41. The van der Waals surface area contributed by atoms with Gasteiger partial charge in [0, 0.05) is 13.6 Å². The van der Waals surface area contributed by atoms with Crippen molar-refractivity contribution in [2.24, 2.45) is 0 Å². The summed E-state index contributed by atoms with van der Waals surface area (Å²) < 4.78 is 10.6. The number of ether oxygens (including phenoxy) is 2. The Morgan fingerprint density at radius 3 is 2.25 bits per heavy atom. The predicted molar refractivity (Wildman–Crippen MR) is 136 cm³/mol. The summed E-state index contributed by atoms with van der Waals surface area (Å²) in [6, 6.07) is 14.1. The molecule has 1 N–H and O–H groups in total. The van der Waals surface area contributed by atoms with Gasteiger partial charge in [0.1, 0.15) is 5.60 Å². The van der Waals surface area contributed by atoms with Crippen LogP contribution in [0.4, 0.5) is 10.5 Å². The molecule has 1 saturated carbocycles. The van der Waals surface area contributed by atoms with Crippen LogP contribution in [0.5, 0.6) is 0 Å². The molecule has 1 aliphatic carbocycles. The second kappa shape index (κ2) is 10.9. The summed E-state index contributed by atoms with van der Waals surface area (Å²) >= 11 is 0. The molecule has 192 valence electrons. The predicted octanol–water partition coefficient (Wildman–Crippen LogP) is 4.86. The van der Waals surface area contributed by atoms with Crippen LogP contribution in [-0.4, -0.2) is 47.9 Å². The van der Waals surface area contributed by atoms with Crippen LogP contribution >= 0.6 is 0 Å². The first-order valence-corrected chi connectivity index (χ1v) is 12.1. The van der Waals surface area contributed by atoms with E-state index >= 15 is 0 Å². The van der Waals surface area contributed by atoms with Gasteiger partial charge in [0.2, 0.25) is 0 Å². The lowest BCUT2D eigenvalue weighted by Crippen LogP contribution is -2.44. The molecule has 8 nitrogen and oxygen atoms in total. The minimum Gasteiger partial charge on any atom is -0.465 e. The first-order valence-electron chi connectivity index (χ1n) is 12.1. The van der Waals surface area contributed by atoms with Gasteiger partial charge in [-0.05, 0) is 63.8 Å². The van der Waals surface area contributed by atoms with E-state index < -0.39 is 28.8 Å². The summed E-state index contributed by atoms with van der Waals surface area (Å²) in [5.41, 5.74) is -0.0212. The number of likely N-dealkylation sites (N-methyl/N-ethyl adjacent to an activating group) is 1. The number of anilines is 1. The fourth-order valence-corrected chi connectivity index (χ4v) is 4.18. The molecule has 1 fully saturated rings. The van der Waals surface area contributed by atoms with Crippen molar-refractivity contribution in [2.45, 2.75) is 64.5 Å². The number of carbonyl (C=O) groups excluding carboxylic acids is 4. The molecule has 2 aromatic carbocycles. The summed E-state index contributed by atoms with van der Waals surface area (Å²) in [5.74, 6) is -1.88. The average Bonchev–Trinajstić information content (AvgIpc) is 2.77. The number of rotatable bonds is 8. The Morgan fingerprint density at radius 2 is 1.69 bits per heavy atom. The van der Waals surface area contributed by atoms with Gasteiger partial charge in [-0.2, -0.15) is 0 Å². The number of nitrogens with zero attached hydrogens (tertiary/aromatic N) is 1. The Bertz CT molecular complexity index is 1130. The van der Waals surface area contributed by atoms with E-state index in [1.165, 1.54) is 17.0 Å². The molecule has 1 aliphatic rings. The van der Waals surface area contributed by atoms with Crippen LogP contribution in [0.3, 0.4) is 0 Å². The Hall–Kier alpha value is -3.68. The van der Waals surface area contributed by atoms with Crippen LogP contribution in [0.2, 0.25) is 0 Å². The second-order valence-corrected chi connectivity index (χ2v) is 10.0. The molecule has 0 spiro atoms. The molecule has 0 aromatic heterocycles. The third-order valence-electron chi connectivity index (χ3n) is 6.13. The molecule has 8 heteroatoms.